The topological polar surface area (TPSA) is 21.3 Å². The van der Waals surface area contributed by atoms with Crippen LogP contribution in [0.4, 0.5) is 0 Å². The third-order valence-corrected chi connectivity index (χ3v) is 3.84. The zero-order valence-electron chi connectivity index (χ0n) is 12.0. The van der Waals surface area contributed by atoms with Crippen molar-refractivity contribution in [3.05, 3.63) is 28.8 Å². The Bertz CT molecular complexity index is 408. The average molecular weight is 247 g/mol. The number of rotatable bonds is 5. The van der Waals surface area contributed by atoms with E-state index in [9.17, 15) is 0 Å². The molecule has 0 amide bonds. The molecule has 18 heavy (non-hydrogen) atoms. The highest BCUT2D eigenvalue weighted by molar-refractivity contribution is 5.42. The van der Waals surface area contributed by atoms with Gasteiger partial charge in [0.25, 0.3) is 0 Å². The van der Waals surface area contributed by atoms with Crippen LogP contribution in [0.25, 0.3) is 0 Å². The van der Waals surface area contributed by atoms with Crippen LogP contribution < -0.4 is 10.1 Å². The van der Waals surface area contributed by atoms with Gasteiger partial charge in [-0.25, -0.2) is 0 Å². The Kier molecular flexibility index (Phi) is 4.28. The van der Waals surface area contributed by atoms with E-state index in [2.05, 4.69) is 45.1 Å². The Morgan fingerprint density at radius 1 is 1.22 bits per heavy atom. The molecule has 1 aliphatic carbocycles. The molecule has 1 fully saturated rings. The monoisotopic (exact) mass is 247 g/mol. The van der Waals surface area contributed by atoms with Crippen molar-refractivity contribution < 1.29 is 4.74 Å². The molecule has 100 valence electrons. The highest BCUT2D eigenvalue weighted by Crippen LogP contribution is 2.30. The first kappa shape index (κ1) is 13.4. The first-order valence-electron chi connectivity index (χ1n) is 7.08. The summed E-state index contributed by atoms with van der Waals surface area (Å²) in [6, 6.07) is 5.05. The molecule has 0 radical (unpaired) electrons. The summed E-state index contributed by atoms with van der Waals surface area (Å²) >= 11 is 0. The molecule has 2 rings (SSSR count). The number of ether oxygens (including phenoxy) is 1. The number of benzene rings is 1. The number of nitrogens with one attached hydrogen (secondary N) is 1. The Morgan fingerprint density at radius 3 is 2.61 bits per heavy atom. The van der Waals surface area contributed by atoms with Crippen LogP contribution in [0.2, 0.25) is 0 Å². The van der Waals surface area contributed by atoms with E-state index in [1.807, 2.05) is 0 Å². The summed E-state index contributed by atoms with van der Waals surface area (Å²) in [5.74, 6) is 1.08. The summed E-state index contributed by atoms with van der Waals surface area (Å²) in [5.41, 5.74) is 3.89. The molecule has 0 bridgehead atoms. The van der Waals surface area contributed by atoms with E-state index in [-0.39, 0.29) is 0 Å². The van der Waals surface area contributed by atoms with E-state index in [1.54, 1.807) is 0 Å². The molecule has 2 nitrogen and oxygen atoms in total. The van der Waals surface area contributed by atoms with Gasteiger partial charge in [-0.2, -0.15) is 0 Å². The molecule has 2 heteroatoms. The molecule has 1 aromatic carbocycles. The lowest BCUT2D eigenvalue weighted by molar-refractivity contribution is 0.0844. The first-order chi connectivity index (χ1) is 8.60. The first-order valence-corrected chi connectivity index (χ1v) is 7.08. The average Bonchev–Trinajstić information content (AvgIpc) is 2.27. The van der Waals surface area contributed by atoms with Crippen LogP contribution in [0, 0.1) is 20.8 Å². The van der Waals surface area contributed by atoms with Gasteiger partial charge in [-0.3, -0.25) is 0 Å². The van der Waals surface area contributed by atoms with Crippen molar-refractivity contribution in [1.82, 2.24) is 5.32 Å². The van der Waals surface area contributed by atoms with Gasteiger partial charge in [-0.05, 0) is 69.3 Å². The van der Waals surface area contributed by atoms with Crippen LogP contribution in [0.1, 0.15) is 42.9 Å². The molecule has 0 saturated heterocycles. The van der Waals surface area contributed by atoms with Crippen LogP contribution in [0.3, 0.4) is 0 Å². The smallest absolute Gasteiger partial charge is 0.123 e. The Hall–Kier alpha value is -1.02. The van der Waals surface area contributed by atoms with Crippen LogP contribution in [0.15, 0.2) is 12.1 Å². The maximum absolute atomic E-state index is 6.11. The Labute approximate surface area is 111 Å². The standard InChI is InChI=1S/C16H25NO/c1-5-6-17-14-9-15(10-14)18-16-8-11(2)7-12(3)13(16)4/h7-8,14-15,17H,5-6,9-10H2,1-4H3. The van der Waals surface area contributed by atoms with Crippen molar-refractivity contribution in [2.45, 2.75) is 59.1 Å². The van der Waals surface area contributed by atoms with Gasteiger partial charge in [0, 0.05) is 6.04 Å². The summed E-state index contributed by atoms with van der Waals surface area (Å²) in [6.45, 7) is 9.77. The lowest BCUT2D eigenvalue weighted by atomic mass is 9.89. The summed E-state index contributed by atoms with van der Waals surface area (Å²) in [5, 5.41) is 3.54. The zero-order chi connectivity index (χ0) is 13.1. The maximum Gasteiger partial charge on any atom is 0.123 e. The lowest BCUT2D eigenvalue weighted by Gasteiger charge is -2.36. The highest BCUT2D eigenvalue weighted by Gasteiger charge is 2.30. The van der Waals surface area contributed by atoms with Crippen molar-refractivity contribution in [3.63, 3.8) is 0 Å². The minimum absolute atomic E-state index is 0.402. The third kappa shape index (κ3) is 3.05. The SMILES string of the molecule is CCCNC1CC(Oc2cc(C)cc(C)c2C)C1. The quantitative estimate of drug-likeness (QED) is 0.859. The van der Waals surface area contributed by atoms with E-state index in [1.165, 1.54) is 23.1 Å². The molecule has 0 spiro atoms. The van der Waals surface area contributed by atoms with Crippen molar-refractivity contribution in [2.75, 3.05) is 6.54 Å². The predicted molar refractivity (Wildman–Crippen MR) is 76.4 cm³/mol. The lowest BCUT2D eigenvalue weighted by Crippen LogP contribution is -2.47. The largest absolute Gasteiger partial charge is 0.490 e. The fraction of sp³-hybridized carbons (Fsp3) is 0.625. The van der Waals surface area contributed by atoms with Gasteiger partial charge in [-0.1, -0.05) is 13.0 Å². The summed E-state index contributed by atoms with van der Waals surface area (Å²) in [4.78, 5) is 0. The van der Waals surface area contributed by atoms with Gasteiger partial charge in [0.15, 0.2) is 0 Å². The molecule has 0 unspecified atom stereocenters. The number of aryl methyl sites for hydroxylation is 2. The summed E-state index contributed by atoms with van der Waals surface area (Å²) < 4.78 is 6.11. The minimum Gasteiger partial charge on any atom is -0.490 e. The second-order valence-electron chi connectivity index (χ2n) is 5.57. The fourth-order valence-electron chi connectivity index (χ4n) is 2.48. The molecule has 0 atom stereocenters. The van der Waals surface area contributed by atoms with Crippen molar-refractivity contribution in [1.29, 1.82) is 0 Å². The fourth-order valence-corrected chi connectivity index (χ4v) is 2.48. The van der Waals surface area contributed by atoms with Crippen LogP contribution in [-0.4, -0.2) is 18.7 Å². The molecule has 1 aliphatic rings. The van der Waals surface area contributed by atoms with Gasteiger partial charge >= 0.3 is 0 Å². The van der Waals surface area contributed by atoms with E-state index in [4.69, 9.17) is 4.74 Å². The Balaban J connectivity index is 1.88. The van der Waals surface area contributed by atoms with E-state index < -0.39 is 0 Å². The van der Waals surface area contributed by atoms with Crippen LogP contribution in [0.5, 0.6) is 5.75 Å². The van der Waals surface area contributed by atoms with E-state index in [0.717, 1.165) is 25.1 Å². The number of hydrogen-bond donors (Lipinski definition) is 1. The molecule has 1 aromatic rings. The van der Waals surface area contributed by atoms with Crippen molar-refractivity contribution >= 4 is 0 Å². The molecular weight excluding hydrogens is 222 g/mol. The normalized spacial score (nSPS) is 22.7. The van der Waals surface area contributed by atoms with Crippen molar-refractivity contribution in [2.24, 2.45) is 0 Å². The van der Waals surface area contributed by atoms with E-state index >= 15 is 0 Å². The van der Waals surface area contributed by atoms with Gasteiger partial charge in [0.1, 0.15) is 11.9 Å². The molecular formula is C16H25NO. The van der Waals surface area contributed by atoms with Gasteiger partial charge in [-0.15, -0.1) is 0 Å². The molecule has 0 aliphatic heterocycles. The molecule has 1 saturated carbocycles. The third-order valence-electron chi connectivity index (χ3n) is 3.84. The van der Waals surface area contributed by atoms with Gasteiger partial charge < -0.3 is 10.1 Å². The molecule has 0 aromatic heterocycles. The van der Waals surface area contributed by atoms with Crippen molar-refractivity contribution in [3.8, 4) is 5.75 Å². The van der Waals surface area contributed by atoms with Crippen LogP contribution in [-0.2, 0) is 0 Å². The number of hydrogen-bond acceptors (Lipinski definition) is 2. The highest BCUT2D eigenvalue weighted by atomic mass is 16.5. The summed E-state index contributed by atoms with van der Waals surface area (Å²) in [7, 11) is 0. The van der Waals surface area contributed by atoms with Gasteiger partial charge in [0.05, 0.1) is 0 Å². The second kappa shape index (κ2) is 5.75. The van der Waals surface area contributed by atoms with Crippen LogP contribution >= 0.6 is 0 Å². The molecule has 0 heterocycles. The molecule has 1 N–H and O–H groups in total. The minimum atomic E-state index is 0.402. The summed E-state index contributed by atoms with van der Waals surface area (Å²) in [6.07, 6.45) is 3.90. The van der Waals surface area contributed by atoms with E-state index in [0.29, 0.717) is 12.1 Å². The Morgan fingerprint density at radius 2 is 1.94 bits per heavy atom. The predicted octanol–water partition coefficient (Wildman–Crippen LogP) is 3.52. The van der Waals surface area contributed by atoms with Gasteiger partial charge in [0.2, 0.25) is 0 Å². The zero-order valence-corrected chi connectivity index (χ0v) is 12.0. The second-order valence-corrected chi connectivity index (χ2v) is 5.57. The maximum atomic E-state index is 6.11.